The summed E-state index contributed by atoms with van der Waals surface area (Å²) in [7, 11) is 1.82. The first kappa shape index (κ1) is 18.8. The van der Waals surface area contributed by atoms with E-state index in [0.717, 1.165) is 54.5 Å². The zero-order valence-corrected chi connectivity index (χ0v) is 17.3. The summed E-state index contributed by atoms with van der Waals surface area (Å²) in [5.41, 5.74) is 4.07. The van der Waals surface area contributed by atoms with Crippen molar-refractivity contribution in [3.05, 3.63) is 50.6 Å². The average molecular weight is 401 g/mol. The molecular formula is C19H24N6O2S. The molecule has 1 aliphatic heterocycles. The number of carbonyl (C=O) groups is 1. The molecule has 0 saturated heterocycles. The zero-order valence-electron chi connectivity index (χ0n) is 16.5. The van der Waals surface area contributed by atoms with Crippen molar-refractivity contribution in [3.63, 3.8) is 0 Å². The molecule has 28 heavy (non-hydrogen) atoms. The van der Waals surface area contributed by atoms with Gasteiger partial charge in [0.2, 0.25) is 0 Å². The van der Waals surface area contributed by atoms with Crippen LogP contribution in [-0.2, 0) is 26.6 Å². The Morgan fingerprint density at radius 1 is 1.43 bits per heavy atom. The summed E-state index contributed by atoms with van der Waals surface area (Å²) >= 11 is 1.66. The standard InChI is InChI=1S/C19H24N6O2S/c1-11-15(13(3)27-23-11)7-25-6-5-14-16(9-28-17(14)8-25)19(26)22-12(2)18-20-10-21-24(18)4/h9-10,12H,5-8H2,1-4H3,(H,22,26)/t12-/m1/s1. The maximum absolute atomic E-state index is 12.8. The van der Waals surface area contributed by atoms with E-state index in [1.165, 1.54) is 16.8 Å². The number of aromatic nitrogens is 4. The molecule has 3 aromatic heterocycles. The van der Waals surface area contributed by atoms with E-state index in [9.17, 15) is 4.79 Å². The van der Waals surface area contributed by atoms with E-state index in [2.05, 4.69) is 25.5 Å². The molecule has 1 atom stereocenters. The molecule has 0 aromatic carbocycles. The second-order valence-corrected chi connectivity index (χ2v) is 8.22. The van der Waals surface area contributed by atoms with Gasteiger partial charge in [0.25, 0.3) is 5.91 Å². The number of aryl methyl sites for hydroxylation is 3. The number of fused-ring (bicyclic) bond motifs is 1. The highest BCUT2D eigenvalue weighted by Gasteiger charge is 2.26. The normalized spacial score (nSPS) is 15.4. The minimum atomic E-state index is -0.199. The highest BCUT2D eigenvalue weighted by Crippen LogP contribution is 2.30. The van der Waals surface area contributed by atoms with Gasteiger partial charge in [-0.15, -0.1) is 11.3 Å². The summed E-state index contributed by atoms with van der Waals surface area (Å²) in [6.45, 7) is 8.43. The topological polar surface area (TPSA) is 89.1 Å². The monoisotopic (exact) mass is 400 g/mol. The molecule has 148 valence electrons. The summed E-state index contributed by atoms with van der Waals surface area (Å²) in [6, 6.07) is -0.199. The molecule has 0 fully saturated rings. The quantitative estimate of drug-likeness (QED) is 0.708. The second-order valence-electron chi connectivity index (χ2n) is 7.25. The number of hydrogen-bond acceptors (Lipinski definition) is 7. The molecule has 4 rings (SSSR count). The summed E-state index contributed by atoms with van der Waals surface area (Å²) < 4.78 is 6.96. The van der Waals surface area contributed by atoms with Gasteiger partial charge in [-0.05, 0) is 32.8 Å². The van der Waals surface area contributed by atoms with Gasteiger partial charge in [-0.25, -0.2) is 4.98 Å². The largest absolute Gasteiger partial charge is 0.361 e. The van der Waals surface area contributed by atoms with Crippen LogP contribution in [0, 0.1) is 13.8 Å². The van der Waals surface area contributed by atoms with Crippen molar-refractivity contribution in [1.82, 2.24) is 30.1 Å². The molecule has 0 bridgehead atoms. The molecule has 0 spiro atoms. The number of rotatable bonds is 5. The first-order valence-electron chi connectivity index (χ1n) is 9.32. The molecule has 3 aromatic rings. The van der Waals surface area contributed by atoms with E-state index in [0.29, 0.717) is 0 Å². The fourth-order valence-corrected chi connectivity index (χ4v) is 4.82. The smallest absolute Gasteiger partial charge is 0.252 e. The Kier molecular flexibility index (Phi) is 5.03. The van der Waals surface area contributed by atoms with Gasteiger partial charge in [-0.2, -0.15) is 5.10 Å². The highest BCUT2D eigenvalue weighted by molar-refractivity contribution is 7.10. The first-order valence-corrected chi connectivity index (χ1v) is 10.2. The molecule has 0 radical (unpaired) electrons. The fourth-order valence-electron chi connectivity index (χ4n) is 3.69. The predicted molar refractivity (Wildman–Crippen MR) is 105 cm³/mol. The number of nitrogens with zero attached hydrogens (tertiary/aromatic N) is 5. The summed E-state index contributed by atoms with van der Waals surface area (Å²) in [4.78, 5) is 20.7. The molecule has 4 heterocycles. The third-order valence-electron chi connectivity index (χ3n) is 5.31. The summed E-state index contributed by atoms with van der Waals surface area (Å²) in [6.07, 6.45) is 2.36. The van der Waals surface area contributed by atoms with Crippen LogP contribution in [0.4, 0.5) is 0 Å². The number of nitrogens with one attached hydrogen (secondary N) is 1. The maximum Gasteiger partial charge on any atom is 0.252 e. The molecular weight excluding hydrogens is 376 g/mol. The summed E-state index contributed by atoms with van der Waals surface area (Å²) in [5, 5.41) is 13.1. The Balaban J connectivity index is 1.45. The molecule has 0 unspecified atom stereocenters. The second kappa shape index (κ2) is 7.48. The maximum atomic E-state index is 12.8. The first-order chi connectivity index (χ1) is 13.4. The Bertz CT molecular complexity index is 985. The van der Waals surface area contributed by atoms with Crippen LogP contribution in [0.2, 0.25) is 0 Å². The van der Waals surface area contributed by atoms with Crippen LogP contribution < -0.4 is 5.32 Å². The minimum Gasteiger partial charge on any atom is -0.361 e. The van der Waals surface area contributed by atoms with Crippen LogP contribution in [-0.4, -0.2) is 37.3 Å². The lowest BCUT2D eigenvalue weighted by Gasteiger charge is -2.27. The van der Waals surface area contributed by atoms with E-state index < -0.39 is 0 Å². The van der Waals surface area contributed by atoms with Crippen LogP contribution in [0.25, 0.3) is 0 Å². The molecule has 8 nitrogen and oxygen atoms in total. The SMILES string of the molecule is Cc1noc(C)c1CN1CCc2c(C(=O)N[C@H](C)c3ncnn3C)csc2C1. The van der Waals surface area contributed by atoms with E-state index in [1.54, 1.807) is 16.0 Å². The van der Waals surface area contributed by atoms with Gasteiger partial charge in [0.05, 0.1) is 17.3 Å². The van der Waals surface area contributed by atoms with Crippen LogP contribution in [0.15, 0.2) is 16.2 Å². The van der Waals surface area contributed by atoms with E-state index in [1.807, 2.05) is 33.2 Å². The Labute approximate surface area is 167 Å². The number of thiophene rings is 1. The van der Waals surface area contributed by atoms with Crippen LogP contribution >= 0.6 is 11.3 Å². The molecule has 1 N–H and O–H groups in total. The number of carbonyl (C=O) groups excluding carboxylic acids is 1. The van der Waals surface area contributed by atoms with Crippen molar-refractivity contribution in [3.8, 4) is 0 Å². The number of hydrogen-bond donors (Lipinski definition) is 1. The van der Waals surface area contributed by atoms with Crippen molar-refractivity contribution in [2.45, 2.75) is 46.3 Å². The Hall–Kier alpha value is -2.52. The predicted octanol–water partition coefficient (Wildman–Crippen LogP) is 2.53. The van der Waals surface area contributed by atoms with Gasteiger partial charge in [-0.3, -0.25) is 14.4 Å². The van der Waals surface area contributed by atoms with Crippen molar-refractivity contribution in [2.24, 2.45) is 7.05 Å². The lowest BCUT2D eigenvalue weighted by atomic mass is 10.0. The molecule has 0 saturated carbocycles. The molecule has 0 aliphatic carbocycles. The Morgan fingerprint density at radius 2 is 2.25 bits per heavy atom. The Morgan fingerprint density at radius 3 is 2.93 bits per heavy atom. The lowest BCUT2D eigenvalue weighted by molar-refractivity contribution is 0.0936. The highest BCUT2D eigenvalue weighted by atomic mass is 32.1. The van der Waals surface area contributed by atoms with Crippen molar-refractivity contribution in [1.29, 1.82) is 0 Å². The van der Waals surface area contributed by atoms with Gasteiger partial charge in [0, 0.05) is 42.5 Å². The van der Waals surface area contributed by atoms with Crippen molar-refractivity contribution in [2.75, 3.05) is 6.54 Å². The fraction of sp³-hybridized carbons (Fsp3) is 0.474. The van der Waals surface area contributed by atoms with E-state index >= 15 is 0 Å². The van der Waals surface area contributed by atoms with Gasteiger partial charge in [-0.1, -0.05) is 5.16 Å². The van der Waals surface area contributed by atoms with Gasteiger partial charge in [0.15, 0.2) is 0 Å². The van der Waals surface area contributed by atoms with E-state index in [-0.39, 0.29) is 11.9 Å². The number of amides is 1. The zero-order chi connectivity index (χ0) is 19.8. The van der Waals surface area contributed by atoms with Gasteiger partial charge in [0.1, 0.15) is 17.9 Å². The molecule has 9 heteroatoms. The van der Waals surface area contributed by atoms with Gasteiger partial charge < -0.3 is 9.84 Å². The average Bonchev–Trinajstić information content (AvgIpc) is 3.36. The summed E-state index contributed by atoms with van der Waals surface area (Å²) in [5.74, 6) is 1.57. The van der Waals surface area contributed by atoms with E-state index in [4.69, 9.17) is 4.52 Å². The van der Waals surface area contributed by atoms with Crippen LogP contribution in [0.3, 0.4) is 0 Å². The minimum absolute atomic E-state index is 0.0489. The molecule has 1 aliphatic rings. The lowest BCUT2D eigenvalue weighted by Crippen LogP contribution is -2.32. The van der Waals surface area contributed by atoms with Gasteiger partial charge >= 0.3 is 0 Å². The van der Waals surface area contributed by atoms with Crippen LogP contribution in [0.5, 0.6) is 0 Å². The third-order valence-corrected chi connectivity index (χ3v) is 6.33. The van der Waals surface area contributed by atoms with Crippen LogP contribution in [0.1, 0.15) is 56.6 Å². The third kappa shape index (κ3) is 3.47. The van der Waals surface area contributed by atoms with Crippen molar-refractivity contribution >= 4 is 17.2 Å². The molecule has 1 amide bonds. The van der Waals surface area contributed by atoms with Crippen molar-refractivity contribution < 1.29 is 9.32 Å².